The first kappa shape index (κ1) is 26.0. The van der Waals surface area contributed by atoms with Gasteiger partial charge in [-0.25, -0.2) is 9.18 Å². The van der Waals surface area contributed by atoms with Gasteiger partial charge in [-0.3, -0.25) is 9.80 Å². The number of rotatable bonds is 4. The molecular formula is C28H37BrFN5O3. The monoisotopic (exact) mass is 589 g/mol. The van der Waals surface area contributed by atoms with Gasteiger partial charge in [-0.2, -0.15) is 9.97 Å². The molecular weight excluding hydrogens is 553 g/mol. The minimum Gasteiger partial charge on any atom is -0.461 e. The zero-order valence-electron chi connectivity index (χ0n) is 22.7. The summed E-state index contributed by atoms with van der Waals surface area (Å²) in [6, 6.07) is 4.60. The van der Waals surface area contributed by atoms with Gasteiger partial charge in [-0.1, -0.05) is 15.9 Å². The molecule has 1 aromatic carbocycles. The van der Waals surface area contributed by atoms with E-state index in [-0.39, 0.29) is 23.7 Å². The highest BCUT2D eigenvalue weighted by molar-refractivity contribution is 9.10. The van der Waals surface area contributed by atoms with Crippen molar-refractivity contribution in [2.75, 3.05) is 37.7 Å². The number of halogens is 2. The molecule has 2 aromatic rings. The number of piperazine rings is 1. The molecule has 1 aromatic heterocycles. The summed E-state index contributed by atoms with van der Waals surface area (Å²) in [5.74, 6) is 0.830. The molecule has 4 fully saturated rings. The van der Waals surface area contributed by atoms with Crippen molar-refractivity contribution in [1.82, 2.24) is 19.8 Å². The number of hydrogen-bond acceptors (Lipinski definition) is 7. The molecule has 1 amide bonds. The number of ether oxygens (including phenoxy) is 2. The molecule has 0 radical (unpaired) electrons. The molecule has 6 rings (SSSR count). The number of alkyl halides is 1. The molecule has 38 heavy (non-hydrogen) atoms. The quantitative estimate of drug-likeness (QED) is 0.482. The first-order valence-electron chi connectivity index (χ1n) is 13.8. The van der Waals surface area contributed by atoms with Crippen LogP contribution in [-0.2, 0) is 4.74 Å². The second-order valence-electron chi connectivity index (χ2n) is 12.5. The number of anilines is 1. The largest absolute Gasteiger partial charge is 0.461 e. The molecule has 8 nitrogen and oxygen atoms in total. The molecule has 4 aliphatic heterocycles. The lowest BCUT2D eigenvalue weighted by atomic mass is 9.95. The SMILES string of the molecule is Cc1cc2c(N3CC4CCC(C3)N4C(=O)OC(C)(C)C)nc(OC[C@@]34CCCN3C[C@H](F)C4)nc2cc1Br. The minimum atomic E-state index is -0.803. The Labute approximate surface area is 232 Å². The van der Waals surface area contributed by atoms with Crippen molar-refractivity contribution in [2.24, 2.45) is 0 Å². The predicted octanol–water partition coefficient (Wildman–Crippen LogP) is 5.24. The first-order chi connectivity index (χ1) is 18.0. The Bertz CT molecular complexity index is 1240. The second kappa shape index (κ2) is 9.47. The Hall–Kier alpha value is -2.20. The summed E-state index contributed by atoms with van der Waals surface area (Å²) in [5, 5.41) is 0.966. The standard InChI is InChI=1S/C28H37BrFN5O3/c1-17-10-21-23(11-22(17)29)31-25(37-16-28-8-5-9-34(28)13-18(30)12-28)32-24(21)33-14-19-6-7-20(15-33)35(19)26(36)38-27(2,3)4/h10-11,18-20H,5-9,12-16H2,1-4H3/t18-,19?,20?,28+/m1/s1. The third kappa shape index (κ3) is 4.72. The average molecular weight is 591 g/mol. The van der Waals surface area contributed by atoms with Gasteiger partial charge in [0, 0.05) is 35.9 Å². The van der Waals surface area contributed by atoms with E-state index >= 15 is 0 Å². The van der Waals surface area contributed by atoms with Gasteiger partial charge in [0.25, 0.3) is 0 Å². The maximum atomic E-state index is 14.3. The maximum absolute atomic E-state index is 14.3. The number of benzene rings is 1. The Morgan fingerprint density at radius 3 is 2.63 bits per heavy atom. The fourth-order valence-corrected chi connectivity index (χ4v) is 7.19. The molecule has 4 aliphatic rings. The van der Waals surface area contributed by atoms with Crippen LogP contribution in [0.4, 0.5) is 15.0 Å². The summed E-state index contributed by atoms with van der Waals surface area (Å²) in [6.45, 7) is 10.9. The average Bonchev–Trinajstić information content (AvgIpc) is 3.44. The van der Waals surface area contributed by atoms with Crippen LogP contribution in [0.25, 0.3) is 10.9 Å². The van der Waals surface area contributed by atoms with Gasteiger partial charge in [0.1, 0.15) is 24.2 Å². The van der Waals surface area contributed by atoms with Gasteiger partial charge in [0.2, 0.25) is 0 Å². The number of carbonyl (C=O) groups excluding carboxylic acids is 1. The van der Waals surface area contributed by atoms with E-state index in [2.05, 4.69) is 38.7 Å². The molecule has 0 spiro atoms. The van der Waals surface area contributed by atoms with E-state index in [1.165, 1.54) is 0 Å². The molecule has 0 N–H and O–H groups in total. The normalized spacial score (nSPS) is 29.3. The highest BCUT2D eigenvalue weighted by Crippen LogP contribution is 2.41. The summed E-state index contributed by atoms with van der Waals surface area (Å²) in [5.41, 5.74) is 1.12. The second-order valence-corrected chi connectivity index (χ2v) is 13.3. The van der Waals surface area contributed by atoms with Crippen molar-refractivity contribution in [1.29, 1.82) is 0 Å². The third-order valence-electron chi connectivity index (χ3n) is 8.55. The van der Waals surface area contributed by atoms with Gasteiger partial charge in [0.05, 0.1) is 23.1 Å². The van der Waals surface area contributed by atoms with E-state index in [1.54, 1.807) is 0 Å². The Balaban J connectivity index is 1.29. The first-order valence-corrected chi connectivity index (χ1v) is 14.6. The Morgan fingerprint density at radius 2 is 1.92 bits per heavy atom. The molecule has 4 saturated heterocycles. The van der Waals surface area contributed by atoms with Crippen LogP contribution < -0.4 is 9.64 Å². The zero-order valence-corrected chi connectivity index (χ0v) is 24.3. The summed E-state index contributed by atoms with van der Waals surface area (Å²) in [6.07, 6.45) is 3.37. The highest BCUT2D eigenvalue weighted by Gasteiger charge is 2.49. The maximum Gasteiger partial charge on any atom is 0.410 e. The molecule has 0 aliphatic carbocycles. The van der Waals surface area contributed by atoms with E-state index < -0.39 is 11.8 Å². The zero-order chi connectivity index (χ0) is 26.8. The predicted molar refractivity (Wildman–Crippen MR) is 148 cm³/mol. The number of fused-ring (bicyclic) bond motifs is 4. The van der Waals surface area contributed by atoms with Gasteiger partial charge in [0.15, 0.2) is 0 Å². The summed E-state index contributed by atoms with van der Waals surface area (Å²) in [4.78, 5) is 29.2. The number of amides is 1. The van der Waals surface area contributed by atoms with Gasteiger partial charge < -0.3 is 14.4 Å². The summed E-state index contributed by atoms with van der Waals surface area (Å²) < 4.78 is 27.3. The van der Waals surface area contributed by atoms with Crippen LogP contribution in [0, 0.1) is 6.92 Å². The van der Waals surface area contributed by atoms with E-state index in [1.807, 2.05) is 31.7 Å². The van der Waals surface area contributed by atoms with Crippen molar-refractivity contribution in [3.05, 3.63) is 22.2 Å². The highest BCUT2D eigenvalue weighted by atomic mass is 79.9. The number of aromatic nitrogens is 2. The topological polar surface area (TPSA) is 71.0 Å². The van der Waals surface area contributed by atoms with Crippen molar-refractivity contribution < 1.29 is 18.7 Å². The van der Waals surface area contributed by atoms with Crippen LogP contribution in [0.2, 0.25) is 0 Å². The molecule has 5 heterocycles. The lowest BCUT2D eigenvalue weighted by Crippen LogP contribution is -2.57. The molecule has 4 atom stereocenters. The van der Waals surface area contributed by atoms with E-state index in [9.17, 15) is 9.18 Å². The number of aryl methyl sites for hydroxylation is 1. The van der Waals surface area contributed by atoms with Crippen LogP contribution in [0.5, 0.6) is 6.01 Å². The van der Waals surface area contributed by atoms with Gasteiger partial charge in [-0.15, -0.1) is 0 Å². The summed E-state index contributed by atoms with van der Waals surface area (Å²) in [7, 11) is 0. The van der Waals surface area contributed by atoms with E-state index in [0.717, 1.165) is 59.0 Å². The number of nitrogens with zero attached hydrogens (tertiary/aromatic N) is 5. The third-order valence-corrected chi connectivity index (χ3v) is 9.41. The molecule has 2 unspecified atom stereocenters. The van der Waals surface area contributed by atoms with Crippen molar-refractivity contribution >= 4 is 38.7 Å². The van der Waals surface area contributed by atoms with Crippen LogP contribution in [-0.4, -0.2) is 88.0 Å². The summed E-state index contributed by atoms with van der Waals surface area (Å²) >= 11 is 3.65. The van der Waals surface area contributed by atoms with E-state index in [4.69, 9.17) is 19.4 Å². The lowest BCUT2D eigenvalue weighted by Gasteiger charge is -2.42. The fraction of sp³-hybridized carbons (Fsp3) is 0.679. The van der Waals surface area contributed by atoms with Crippen LogP contribution >= 0.6 is 15.9 Å². The molecule has 2 bridgehead atoms. The minimum absolute atomic E-state index is 0.0699. The molecule has 10 heteroatoms. The van der Waals surface area contributed by atoms with Crippen molar-refractivity contribution in [2.45, 2.75) is 89.2 Å². The smallest absolute Gasteiger partial charge is 0.410 e. The van der Waals surface area contributed by atoms with Crippen molar-refractivity contribution in [3.8, 4) is 6.01 Å². The van der Waals surface area contributed by atoms with Gasteiger partial charge >= 0.3 is 12.1 Å². The Kier molecular flexibility index (Phi) is 6.49. The van der Waals surface area contributed by atoms with Crippen LogP contribution in [0.1, 0.15) is 58.4 Å². The van der Waals surface area contributed by atoms with Crippen LogP contribution in [0.3, 0.4) is 0 Å². The van der Waals surface area contributed by atoms with Crippen molar-refractivity contribution in [3.63, 3.8) is 0 Å². The van der Waals surface area contributed by atoms with Gasteiger partial charge in [-0.05, 0) is 77.6 Å². The van der Waals surface area contributed by atoms with E-state index in [0.29, 0.717) is 38.7 Å². The Morgan fingerprint density at radius 1 is 1.18 bits per heavy atom. The number of hydrogen-bond donors (Lipinski definition) is 0. The fourth-order valence-electron chi connectivity index (χ4n) is 6.86. The van der Waals surface area contributed by atoms with Crippen LogP contribution in [0.15, 0.2) is 16.6 Å². The lowest BCUT2D eigenvalue weighted by molar-refractivity contribution is 0.0122. The molecule has 0 saturated carbocycles. The molecule has 206 valence electrons. The number of carbonyl (C=O) groups is 1.